The normalized spacial score (nSPS) is 22.4. The number of carbonyl (C=O) groups is 1. The maximum atomic E-state index is 13.1. The van der Waals surface area contributed by atoms with E-state index in [4.69, 9.17) is 4.52 Å². The number of carbonyl (C=O) groups excluding carboxylic acids is 1. The molecule has 1 saturated carbocycles. The molecule has 25 heavy (non-hydrogen) atoms. The van der Waals surface area contributed by atoms with E-state index in [1.165, 1.54) is 23.3 Å². The molecule has 1 fully saturated rings. The second-order valence-electron chi connectivity index (χ2n) is 7.63. The molecule has 2 aliphatic rings. The van der Waals surface area contributed by atoms with Gasteiger partial charge >= 0.3 is 0 Å². The Bertz CT molecular complexity index is 773. The van der Waals surface area contributed by atoms with Gasteiger partial charge in [0, 0.05) is 17.2 Å². The summed E-state index contributed by atoms with van der Waals surface area (Å²) in [5.74, 6) is 1.93. The van der Waals surface area contributed by atoms with Crippen LogP contribution in [0.2, 0.25) is 0 Å². The van der Waals surface area contributed by atoms with E-state index >= 15 is 0 Å². The Morgan fingerprint density at radius 2 is 2.16 bits per heavy atom. The molecule has 0 radical (unpaired) electrons. The molecule has 0 bridgehead atoms. The lowest BCUT2D eigenvalue weighted by molar-refractivity contribution is 0.0854. The van der Waals surface area contributed by atoms with E-state index in [0.717, 1.165) is 44.1 Å². The summed E-state index contributed by atoms with van der Waals surface area (Å²) in [4.78, 5) is 19.0. The van der Waals surface area contributed by atoms with E-state index in [0.29, 0.717) is 17.6 Å². The Kier molecular flexibility index (Phi) is 4.40. The van der Waals surface area contributed by atoms with Gasteiger partial charge in [0.1, 0.15) is 5.54 Å². The summed E-state index contributed by atoms with van der Waals surface area (Å²) < 4.78 is 5.21. The summed E-state index contributed by atoms with van der Waals surface area (Å²) in [6.45, 7) is 4.09. The van der Waals surface area contributed by atoms with E-state index in [-0.39, 0.29) is 5.91 Å². The van der Waals surface area contributed by atoms with Crippen LogP contribution >= 0.6 is 11.3 Å². The van der Waals surface area contributed by atoms with Crippen LogP contribution in [0.1, 0.15) is 78.0 Å². The van der Waals surface area contributed by atoms with Crippen LogP contribution < -0.4 is 5.32 Å². The van der Waals surface area contributed by atoms with Gasteiger partial charge in [-0.15, -0.1) is 11.3 Å². The monoisotopic (exact) mass is 359 g/mol. The molecular formula is C19H25N3O2S. The van der Waals surface area contributed by atoms with Gasteiger partial charge in [0.2, 0.25) is 5.89 Å². The molecular weight excluding hydrogens is 334 g/mol. The maximum Gasteiger partial charge on any atom is 0.253 e. The summed E-state index contributed by atoms with van der Waals surface area (Å²) in [6.07, 6.45) is 8.38. The zero-order valence-electron chi connectivity index (χ0n) is 14.9. The molecule has 0 unspecified atom stereocenters. The molecule has 0 saturated heterocycles. The Morgan fingerprint density at radius 1 is 1.36 bits per heavy atom. The highest BCUT2D eigenvalue weighted by Gasteiger charge is 2.40. The number of nitrogens with zero attached hydrogens (tertiary/aromatic N) is 2. The highest BCUT2D eigenvalue weighted by molar-refractivity contribution is 7.10. The lowest BCUT2D eigenvalue weighted by Crippen LogP contribution is -2.48. The van der Waals surface area contributed by atoms with Crippen molar-refractivity contribution in [3.63, 3.8) is 0 Å². The van der Waals surface area contributed by atoms with Crippen LogP contribution in [0.15, 0.2) is 9.90 Å². The van der Waals surface area contributed by atoms with Crippen molar-refractivity contribution in [3.8, 4) is 0 Å². The standard InChI is InChI=1S/C19H25N3O2S/c1-12-6-7-14-15(11-25-16(14)10-12)17(23)21-19(8-4-3-5-9-19)18-20-13(2)24-22-18/h11-12H,3-10H2,1-2H3,(H,21,23)/t12-/m1/s1. The minimum Gasteiger partial charge on any atom is -0.340 e. The molecule has 1 amide bonds. The second kappa shape index (κ2) is 6.56. The zero-order valence-corrected chi connectivity index (χ0v) is 15.7. The first-order valence-corrected chi connectivity index (χ1v) is 10.2. The molecule has 2 aromatic rings. The number of amides is 1. The van der Waals surface area contributed by atoms with Crippen molar-refractivity contribution in [1.29, 1.82) is 0 Å². The third-order valence-corrected chi connectivity index (χ3v) is 6.71. The molecule has 2 aliphatic carbocycles. The first-order chi connectivity index (χ1) is 12.1. The van der Waals surface area contributed by atoms with Crippen molar-refractivity contribution in [3.05, 3.63) is 33.1 Å². The fourth-order valence-corrected chi connectivity index (χ4v) is 5.45. The zero-order chi connectivity index (χ0) is 17.4. The molecule has 2 heterocycles. The van der Waals surface area contributed by atoms with Gasteiger partial charge in [-0.3, -0.25) is 4.79 Å². The summed E-state index contributed by atoms with van der Waals surface area (Å²) in [5.41, 5.74) is 1.64. The third kappa shape index (κ3) is 3.12. The Hall–Kier alpha value is -1.69. The summed E-state index contributed by atoms with van der Waals surface area (Å²) in [5, 5.41) is 9.49. The Labute approximate surface area is 152 Å². The molecule has 2 aromatic heterocycles. The summed E-state index contributed by atoms with van der Waals surface area (Å²) >= 11 is 1.73. The minimum absolute atomic E-state index is 0.0245. The van der Waals surface area contributed by atoms with E-state index in [1.54, 1.807) is 18.3 Å². The van der Waals surface area contributed by atoms with Crippen LogP contribution in [0.4, 0.5) is 0 Å². The van der Waals surface area contributed by atoms with Crippen LogP contribution in [0.5, 0.6) is 0 Å². The fourth-order valence-electron chi connectivity index (χ4n) is 4.21. The first-order valence-electron chi connectivity index (χ1n) is 9.30. The van der Waals surface area contributed by atoms with Gasteiger partial charge in [0.05, 0.1) is 5.56 Å². The molecule has 0 spiro atoms. The average molecular weight is 359 g/mol. The molecule has 134 valence electrons. The minimum atomic E-state index is -0.482. The second-order valence-corrected chi connectivity index (χ2v) is 8.60. The quantitative estimate of drug-likeness (QED) is 0.894. The van der Waals surface area contributed by atoms with Gasteiger partial charge in [-0.1, -0.05) is 31.3 Å². The predicted molar refractivity (Wildman–Crippen MR) is 96.8 cm³/mol. The third-order valence-electron chi connectivity index (χ3n) is 5.66. The molecule has 0 aromatic carbocycles. The van der Waals surface area contributed by atoms with Crippen molar-refractivity contribution in [2.45, 2.75) is 70.8 Å². The van der Waals surface area contributed by atoms with Gasteiger partial charge in [-0.25, -0.2) is 0 Å². The van der Waals surface area contributed by atoms with Crippen LogP contribution in [-0.2, 0) is 18.4 Å². The number of hydrogen-bond acceptors (Lipinski definition) is 5. The van der Waals surface area contributed by atoms with E-state index in [9.17, 15) is 4.79 Å². The maximum absolute atomic E-state index is 13.1. The lowest BCUT2D eigenvalue weighted by atomic mass is 9.80. The van der Waals surface area contributed by atoms with Gasteiger partial charge in [0.25, 0.3) is 5.91 Å². The molecule has 6 heteroatoms. The number of thiophene rings is 1. The summed E-state index contributed by atoms with van der Waals surface area (Å²) in [6, 6.07) is 0. The average Bonchev–Trinajstić information content (AvgIpc) is 3.22. The van der Waals surface area contributed by atoms with Crippen molar-refractivity contribution >= 4 is 17.2 Å². The van der Waals surface area contributed by atoms with Gasteiger partial charge in [-0.2, -0.15) is 4.98 Å². The van der Waals surface area contributed by atoms with Crippen molar-refractivity contribution in [2.75, 3.05) is 0 Å². The number of hydrogen-bond donors (Lipinski definition) is 1. The number of fused-ring (bicyclic) bond motifs is 1. The van der Waals surface area contributed by atoms with E-state index in [2.05, 4.69) is 22.4 Å². The number of aromatic nitrogens is 2. The molecule has 5 nitrogen and oxygen atoms in total. The predicted octanol–water partition coefficient (Wildman–Crippen LogP) is 4.15. The van der Waals surface area contributed by atoms with Crippen LogP contribution in [0.3, 0.4) is 0 Å². The first kappa shape index (κ1) is 16.8. The molecule has 1 atom stereocenters. The molecule has 1 N–H and O–H groups in total. The topological polar surface area (TPSA) is 68.0 Å². The molecule has 4 rings (SSSR count). The largest absolute Gasteiger partial charge is 0.340 e. The smallest absolute Gasteiger partial charge is 0.253 e. The van der Waals surface area contributed by atoms with Crippen molar-refractivity contribution in [2.24, 2.45) is 5.92 Å². The van der Waals surface area contributed by atoms with E-state index < -0.39 is 5.54 Å². The SMILES string of the molecule is Cc1nc(C2(NC(=O)c3csc4c3CC[C@@H](C)C4)CCCCC2)no1. The van der Waals surface area contributed by atoms with Crippen molar-refractivity contribution in [1.82, 2.24) is 15.5 Å². The van der Waals surface area contributed by atoms with Gasteiger partial charge < -0.3 is 9.84 Å². The molecule has 0 aliphatic heterocycles. The Morgan fingerprint density at radius 3 is 2.88 bits per heavy atom. The highest BCUT2D eigenvalue weighted by Crippen LogP contribution is 2.37. The van der Waals surface area contributed by atoms with Gasteiger partial charge in [0.15, 0.2) is 5.82 Å². The Balaban J connectivity index is 1.61. The van der Waals surface area contributed by atoms with Crippen LogP contribution in [-0.4, -0.2) is 16.0 Å². The lowest BCUT2D eigenvalue weighted by Gasteiger charge is -2.35. The summed E-state index contributed by atoms with van der Waals surface area (Å²) in [7, 11) is 0. The number of aryl methyl sites for hydroxylation is 1. The van der Waals surface area contributed by atoms with Crippen LogP contribution in [0, 0.1) is 12.8 Å². The van der Waals surface area contributed by atoms with E-state index in [1.807, 2.05) is 5.38 Å². The van der Waals surface area contributed by atoms with Crippen molar-refractivity contribution < 1.29 is 9.32 Å². The number of rotatable bonds is 3. The van der Waals surface area contributed by atoms with Crippen LogP contribution in [0.25, 0.3) is 0 Å². The van der Waals surface area contributed by atoms with Gasteiger partial charge in [-0.05, 0) is 43.6 Å². The fraction of sp³-hybridized carbons (Fsp3) is 0.632. The number of nitrogens with one attached hydrogen (secondary N) is 1. The highest BCUT2D eigenvalue weighted by atomic mass is 32.1.